The van der Waals surface area contributed by atoms with Crippen molar-refractivity contribution in [3.8, 4) is 0 Å². The molecule has 0 radical (unpaired) electrons. The lowest BCUT2D eigenvalue weighted by Gasteiger charge is -2.22. The second kappa shape index (κ2) is 37.8. The van der Waals surface area contributed by atoms with E-state index in [4.69, 9.17) is 0 Å². The molecule has 0 aliphatic carbocycles. The highest BCUT2D eigenvalue weighted by Crippen LogP contribution is 2.16. The van der Waals surface area contributed by atoms with Crippen molar-refractivity contribution < 1.29 is 15.0 Å². The Balaban J connectivity index is 3.48. The van der Waals surface area contributed by atoms with Crippen LogP contribution >= 0.6 is 0 Å². The molecule has 1 amide bonds. The summed E-state index contributed by atoms with van der Waals surface area (Å²) in [7, 11) is 0. The molecule has 0 heterocycles. The number of aliphatic hydroxyl groups is 2. The van der Waals surface area contributed by atoms with Crippen LogP contribution in [-0.4, -0.2) is 34.9 Å². The summed E-state index contributed by atoms with van der Waals surface area (Å²) < 4.78 is 0. The van der Waals surface area contributed by atoms with E-state index in [2.05, 4.69) is 19.2 Å². The van der Waals surface area contributed by atoms with Crippen LogP contribution in [0, 0.1) is 0 Å². The molecule has 0 spiro atoms. The molecular weight excluding hydrogens is 554 g/mol. The molecule has 0 bridgehead atoms. The molecule has 0 unspecified atom stereocenters. The van der Waals surface area contributed by atoms with Crippen molar-refractivity contribution in [1.29, 1.82) is 0 Å². The summed E-state index contributed by atoms with van der Waals surface area (Å²) in [6.45, 7) is 4.38. The van der Waals surface area contributed by atoms with Crippen LogP contribution in [-0.2, 0) is 4.79 Å². The quantitative estimate of drug-likeness (QED) is 0.0590. The third kappa shape index (κ3) is 34.5. The second-order valence-corrected chi connectivity index (χ2v) is 14.4. The Morgan fingerprint density at radius 3 is 1.00 bits per heavy atom. The van der Waals surface area contributed by atoms with Gasteiger partial charge in [-0.15, -0.1) is 0 Å². The fraction of sp³-hybridized carbons (Fsp3) is 0.976. The van der Waals surface area contributed by atoms with Gasteiger partial charge in [-0.25, -0.2) is 0 Å². The van der Waals surface area contributed by atoms with Crippen molar-refractivity contribution in [1.82, 2.24) is 5.32 Å². The molecule has 0 fully saturated rings. The lowest BCUT2D eigenvalue weighted by atomic mass is 10.0. The van der Waals surface area contributed by atoms with Crippen LogP contribution in [0.1, 0.15) is 239 Å². The Morgan fingerprint density at radius 2 is 0.711 bits per heavy atom. The molecule has 0 aromatic rings. The average Bonchev–Trinajstić information content (AvgIpc) is 3.04. The van der Waals surface area contributed by atoms with Gasteiger partial charge in [-0.3, -0.25) is 4.79 Å². The Hall–Kier alpha value is -0.610. The predicted octanol–water partition coefficient (Wildman–Crippen LogP) is 12.5. The molecule has 4 heteroatoms. The number of unbranched alkanes of at least 4 members (excludes halogenated alkanes) is 31. The van der Waals surface area contributed by atoms with Gasteiger partial charge in [0, 0.05) is 6.42 Å². The number of carbonyl (C=O) groups excluding carboxylic acids is 1. The van der Waals surface area contributed by atoms with Gasteiger partial charge >= 0.3 is 0 Å². The van der Waals surface area contributed by atoms with Crippen molar-refractivity contribution in [2.75, 3.05) is 6.61 Å². The van der Waals surface area contributed by atoms with Crippen LogP contribution in [0.4, 0.5) is 0 Å². The first-order valence-electron chi connectivity index (χ1n) is 20.7. The standard InChI is InChI=1S/C41H83NO3/c1-3-5-7-9-11-13-15-17-19-20-21-23-25-27-29-31-33-35-37-41(45)42-39(38-43)40(44)36-34-32-30-28-26-24-22-18-16-14-12-10-8-6-4-2/h39-40,43-44H,3-38H2,1-2H3,(H,42,45)/t39-,40+/m0/s1. The maximum atomic E-state index is 12.4. The molecule has 45 heavy (non-hydrogen) atoms. The zero-order valence-electron chi connectivity index (χ0n) is 30.9. The van der Waals surface area contributed by atoms with Crippen molar-refractivity contribution >= 4 is 5.91 Å². The van der Waals surface area contributed by atoms with E-state index in [-0.39, 0.29) is 12.5 Å². The number of amides is 1. The minimum Gasteiger partial charge on any atom is -0.394 e. The van der Waals surface area contributed by atoms with Crippen molar-refractivity contribution in [3.63, 3.8) is 0 Å². The zero-order valence-corrected chi connectivity index (χ0v) is 30.9. The van der Waals surface area contributed by atoms with E-state index in [1.54, 1.807) is 0 Å². The monoisotopic (exact) mass is 638 g/mol. The third-order valence-electron chi connectivity index (χ3n) is 9.87. The van der Waals surface area contributed by atoms with Gasteiger partial charge in [-0.05, 0) is 12.8 Å². The summed E-state index contributed by atoms with van der Waals surface area (Å²) >= 11 is 0. The number of carbonyl (C=O) groups is 1. The third-order valence-corrected chi connectivity index (χ3v) is 9.87. The SMILES string of the molecule is CCCCCCCCCCCCCCCCCCCCC(=O)N[C@@H](CO)[C@H](O)CCCCCCCCCCCCCCCCC. The van der Waals surface area contributed by atoms with E-state index in [0.29, 0.717) is 12.8 Å². The summed E-state index contributed by atoms with van der Waals surface area (Å²) in [4.78, 5) is 12.4. The summed E-state index contributed by atoms with van der Waals surface area (Å²) in [5.41, 5.74) is 0. The van der Waals surface area contributed by atoms with Gasteiger partial charge in [0.25, 0.3) is 0 Å². The molecule has 0 aliphatic rings. The smallest absolute Gasteiger partial charge is 0.220 e. The molecule has 0 saturated heterocycles. The lowest BCUT2D eigenvalue weighted by molar-refractivity contribution is -0.123. The van der Waals surface area contributed by atoms with Crippen molar-refractivity contribution in [2.24, 2.45) is 0 Å². The van der Waals surface area contributed by atoms with Gasteiger partial charge in [0.1, 0.15) is 0 Å². The lowest BCUT2D eigenvalue weighted by Crippen LogP contribution is -2.45. The highest BCUT2D eigenvalue weighted by molar-refractivity contribution is 5.76. The van der Waals surface area contributed by atoms with E-state index in [9.17, 15) is 15.0 Å². The number of hydrogen-bond donors (Lipinski definition) is 3. The fourth-order valence-electron chi connectivity index (χ4n) is 6.66. The van der Waals surface area contributed by atoms with Gasteiger partial charge in [-0.2, -0.15) is 0 Å². The van der Waals surface area contributed by atoms with Crippen LogP contribution in [0.5, 0.6) is 0 Å². The van der Waals surface area contributed by atoms with Gasteiger partial charge in [-0.1, -0.05) is 219 Å². The minimum absolute atomic E-state index is 0.0268. The van der Waals surface area contributed by atoms with Gasteiger partial charge in [0.15, 0.2) is 0 Å². The first kappa shape index (κ1) is 44.4. The molecule has 0 aliphatic heterocycles. The highest BCUT2D eigenvalue weighted by Gasteiger charge is 2.20. The zero-order chi connectivity index (χ0) is 32.9. The van der Waals surface area contributed by atoms with Crippen LogP contribution in [0.2, 0.25) is 0 Å². The number of nitrogens with one attached hydrogen (secondary N) is 1. The van der Waals surface area contributed by atoms with E-state index >= 15 is 0 Å². The summed E-state index contributed by atoms with van der Waals surface area (Å²) in [6.07, 6.45) is 44.5. The molecule has 0 aromatic heterocycles. The maximum absolute atomic E-state index is 12.4. The van der Waals surface area contributed by atoms with Crippen molar-refractivity contribution in [2.45, 2.75) is 251 Å². The summed E-state index contributed by atoms with van der Waals surface area (Å²) in [5.74, 6) is -0.0268. The van der Waals surface area contributed by atoms with Crippen LogP contribution < -0.4 is 5.32 Å². The normalized spacial score (nSPS) is 12.9. The molecule has 0 rings (SSSR count). The summed E-state index contributed by atoms with van der Waals surface area (Å²) in [5, 5.41) is 23.1. The van der Waals surface area contributed by atoms with Crippen molar-refractivity contribution in [3.05, 3.63) is 0 Å². The largest absolute Gasteiger partial charge is 0.394 e. The molecule has 2 atom stereocenters. The van der Waals surface area contributed by atoms with Crippen LogP contribution in [0.15, 0.2) is 0 Å². The van der Waals surface area contributed by atoms with E-state index in [1.807, 2.05) is 0 Å². The Morgan fingerprint density at radius 1 is 0.444 bits per heavy atom. The average molecular weight is 638 g/mol. The molecule has 3 N–H and O–H groups in total. The number of hydrogen-bond acceptors (Lipinski definition) is 3. The molecule has 0 saturated carbocycles. The first-order chi connectivity index (χ1) is 22.2. The van der Waals surface area contributed by atoms with Gasteiger partial charge in [0.2, 0.25) is 5.91 Å². The Bertz CT molecular complexity index is 569. The Labute approximate surface area is 283 Å². The Kier molecular flexibility index (Phi) is 37.3. The first-order valence-corrected chi connectivity index (χ1v) is 20.7. The van der Waals surface area contributed by atoms with Gasteiger partial charge < -0.3 is 15.5 Å². The molecule has 270 valence electrons. The molecule has 4 nitrogen and oxygen atoms in total. The predicted molar refractivity (Wildman–Crippen MR) is 198 cm³/mol. The maximum Gasteiger partial charge on any atom is 0.220 e. The minimum atomic E-state index is -0.652. The van der Waals surface area contributed by atoms with E-state index in [1.165, 1.54) is 186 Å². The number of aliphatic hydroxyl groups excluding tert-OH is 2. The van der Waals surface area contributed by atoms with Crippen LogP contribution in [0.3, 0.4) is 0 Å². The van der Waals surface area contributed by atoms with Gasteiger partial charge in [0.05, 0.1) is 18.8 Å². The fourth-order valence-corrected chi connectivity index (χ4v) is 6.66. The highest BCUT2D eigenvalue weighted by atomic mass is 16.3. The molecule has 0 aromatic carbocycles. The summed E-state index contributed by atoms with van der Waals surface area (Å²) in [6, 6.07) is -0.528. The van der Waals surface area contributed by atoms with E-state index in [0.717, 1.165) is 25.7 Å². The second-order valence-electron chi connectivity index (χ2n) is 14.4. The number of rotatable bonds is 38. The topological polar surface area (TPSA) is 69.6 Å². The van der Waals surface area contributed by atoms with E-state index < -0.39 is 12.1 Å². The van der Waals surface area contributed by atoms with Crippen LogP contribution in [0.25, 0.3) is 0 Å². The molecular formula is C41H83NO3.